The van der Waals surface area contributed by atoms with E-state index in [0.717, 1.165) is 29.6 Å². The molecule has 1 aliphatic rings. The van der Waals surface area contributed by atoms with E-state index in [9.17, 15) is 0 Å². The molecule has 0 aromatic heterocycles. The van der Waals surface area contributed by atoms with Crippen LogP contribution in [0.3, 0.4) is 0 Å². The van der Waals surface area contributed by atoms with Gasteiger partial charge in [0.05, 0.1) is 12.2 Å². The summed E-state index contributed by atoms with van der Waals surface area (Å²) in [5, 5.41) is 0. The Kier molecular flexibility index (Phi) is 4.34. The number of rotatable bonds is 3. The van der Waals surface area contributed by atoms with Crippen LogP contribution in [0.4, 0.5) is 0 Å². The van der Waals surface area contributed by atoms with Crippen molar-refractivity contribution in [3.63, 3.8) is 0 Å². The highest BCUT2D eigenvalue weighted by molar-refractivity contribution is 5.11. The summed E-state index contributed by atoms with van der Waals surface area (Å²) in [5.41, 5.74) is 2.93. The topological polar surface area (TPSA) is 18.5 Å². The lowest BCUT2D eigenvalue weighted by atomic mass is 10.0. The van der Waals surface area contributed by atoms with E-state index in [1.807, 2.05) is 27.7 Å². The Morgan fingerprint density at radius 2 is 1.29 bits per heavy atom. The molecular formula is C15H24O2. The van der Waals surface area contributed by atoms with Gasteiger partial charge in [-0.1, -0.05) is 30.9 Å². The minimum atomic E-state index is -0.746. The summed E-state index contributed by atoms with van der Waals surface area (Å²) in [5.74, 6) is -0.746. The molecule has 96 valence electrons. The lowest BCUT2D eigenvalue weighted by Gasteiger charge is -2.34. The van der Waals surface area contributed by atoms with Crippen LogP contribution in [0.5, 0.6) is 0 Å². The second-order valence-electron chi connectivity index (χ2n) is 5.21. The van der Waals surface area contributed by atoms with E-state index in [2.05, 4.69) is 19.7 Å². The van der Waals surface area contributed by atoms with Gasteiger partial charge in [0, 0.05) is 0 Å². The highest BCUT2D eigenvalue weighted by Gasteiger charge is 2.37. The van der Waals surface area contributed by atoms with Gasteiger partial charge < -0.3 is 9.47 Å². The smallest absolute Gasteiger partial charge is 0.188 e. The van der Waals surface area contributed by atoms with Crippen LogP contribution in [0.1, 0.15) is 40.5 Å². The van der Waals surface area contributed by atoms with E-state index in [1.54, 1.807) is 0 Å². The third-order valence-electron chi connectivity index (χ3n) is 3.30. The van der Waals surface area contributed by atoms with E-state index < -0.39 is 5.79 Å². The van der Waals surface area contributed by atoms with Crippen LogP contribution in [0.15, 0.2) is 36.5 Å². The Hall–Kier alpha value is -0.860. The highest BCUT2D eigenvalue weighted by atomic mass is 16.7. The maximum absolute atomic E-state index is 6.04. The lowest BCUT2D eigenvalue weighted by Crippen LogP contribution is -2.38. The number of hydrogen-bond acceptors (Lipinski definition) is 2. The van der Waals surface area contributed by atoms with Gasteiger partial charge in [-0.15, -0.1) is 0 Å². The zero-order chi connectivity index (χ0) is 13.2. The summed E-state index contributed by atoms with van der Waals surface area (Å²) in [4.78, 5) is 0. The maximum Gasteiger partial charge on any atom is 0.188 e. The molecule has 0 aromatic rings. The summed E-state index contributed by atoms with van der Waals surface area (Å²) in [6.07, 6.45) is 1.88. The second kappa shape index (κ2) is 5.19. The normalized spacial score (nSPS) is 28.2. The van der Waals surface area contributed by atoms with Crippen molar-refractivity contribution in [2.45, 2.75) is 58.5 Å². The SMILES string of the molecule is C=C(C)[C@H]1CC[C@H](C(=C)C)OC(C)(C(=C)C)O1. The van der Waals surface area contributed by atoms with E-state index >= 15 is 0 Å². The quantitative estimate of drug-likeness (QED) is 0.690. The van der Waals surface area contributed by atoms with E-state index in [0.29, 0.717) is 0 Å². The second-order valence-corrected chi connectivity index (χ2v) is 5.21. The predicted molar refractivity (Wildman–Crippen MR) is 71.8 cm³/mol. The highest BCUT2D eigenvalue weighted by Crippen LogP contribution is 2.34. The van der Waals surface area contributed by atoms with Crippen LogP contribution in [-0.2, 0) is 9.47 Å². The lowest BCUT2D eigenvalue weighted by molar-refractivity contribution is -0.216. The van der Waals surface area contributed by atoms with Crippen molar-refractivity contribution in [1.82, 2.24) is 0 Å². The van der Waals surface area contributed by atoms with Crippen LogP contribution in [-0.4, -0.2) is 18.0 Å². The summed E-state index contributed by atoms with van der Waals surface area (Å²) in [6.45, 7) is 19.8. The Morgan fingerprint density at radius 1 is 0.941 bits per heavy atom. The fourth-order valence-electron chi connectivity index (χ4n) is 1.89. The summed E-state index contributed by atoms with van der Waals surface area (Å²) >= 11 is 0. The molecule has 0 aromatic carbocycles. The molecule has 0 unspecified atom stereocenters. The molecule has 0 N–H and O–H groups in total. The molecule has 0 aliphatic carbocycles. The van der Waals surface area contributed by atoms with Crippen LogP contribution < -0.4 is 0 Å². The van der Waals surface area contributed by atoms with Gasteiger partial charge in [0.2, 0.25) is 0 Å². The molecule has 1 fully saturated rings. The van der Waals surface area contributed by atoms with E-state index in [4.69, 9.17) is 9.47 Å². The van der Waals surface area contributed by atoms with Crippen LogP contribution in [0.25, 0.3) is 0 Å². The van der Waals surface area contributed by atoms with Gasteiger partial charge in [-0.05, 0) is 46.1 Å². The molecule has 2 heteroatoms. The van der Waals surface area contributed by atoms with Crippen molar-refractivity contribution in [2.24, 2.45) is 0 Å². The molecule has 1 aliphatic heterocycles. The molecule has 0 radical (unpaired) electrons. The van der Waals surface area contributed by atoms with Gasteiger partial charge >= 0.3 is 0 Å². The van der Waals surface area contributed by atoms with Crippen molar-refractivity contribution in [3.8, 4) is 0 Å². The van der Waals surface area contributed by atoms with Crippen molar-refractivity contribution < 1.29 is 9.47 Å². The van der Waals surface area contributed by atoms with Crippen molar-refractivity contribution in [2.75, 3.05) is 0 Å². The minimum absolute atomic E-state index is 0.0287. The first-order valence-electron chi connectivity index (χ1n) is 6.08. The first kappa shape index (κ1) is 14.2. The van der Waals surface area contributed by atoms with Crippen LogP contribution in [0.2, 0.25) is 0 Å². The molecule has 0 bridgehead atoms. The van der Waals surface area contributed by atoms with Crippen molar-refractivity contribution in [3.05, 3.63) is 36.5 Å². The molecule has 0 amide bonds. The Bertz CT molecular complexity index is 317. The van der Waals surface area contributed by atoms with Gasteiger partial charge in [-0.3, -0.25) is 0 Å². The number of ether oxygens (including phenoxy) is 2. The van der Waals surface area contributed by atoms with Crippen molar-refractivity contribution >= 4 is 0 Å². The predicted octanol–water partition coefficient (Wildman–Crippen LogP) is 4.00. The zero-order valence-electron chi connectivity index (χ0n) is 11.5. The monoisotopic (exact) mass is 236 g/mol. The van der Waals surface area contributed by atoms with Gasteiger partial charge in [-0.25, -0.2) is 0 Å². The Balaban J connectivity index is 2.98. The largest absolute Gasteiger partial charge is 0.339 e. The zero-order valence-corrected chi connectivity index (χ0v) is 11.5. The molecule has 0 spiro atoms. The average molecular weight is 236 g/mol. The standard InChI is InChI=1S/C15H24O2/c1-10(2)13-8-9-14(11(3)4)17-15(7,16-13)12(5)6/h13-14H,1,3,5,8-9H2,2,4,6-7H3/t13-,14-/m1/s1. The molecule has 1 rings (SSSR count). The Labute approximate surface area is 105 Å². The fourth-order valence-corrected chi connectivity index (χ4v) is 1.89. The Morgan fingerprint density at radius 3 is 1.53 bits per heavy atom. The van der Waals surface area contributed by atoms with E-state index in [-0.39, 0.29) is 12.2 Å². The fraction of sp³-hybridized carbons (Fsp3) is 0.600. The summed E-state index contributed by atoms with van der Waals surface area (Å²) in [7, 11) is 0. The maximum atomic E-state index is 6.04. The van der Waals surface area contributed by atoms with Crippen LogP contribution in [0, 0.1) is 0 Å². The molecule has 2 atom stereocenters. The third-order valence-corrected chi connectivity index (χ3v) is 3.30. The number of hydrogen-bond donors (Lipinski definition) is 0. The minimum Gasteiger partial charge on any atom is -0.339 e. The van der Waals surface area contributed by atoms with Gasteiger partial charge in [-0.2, -0.15) is 0 Å². The van der Waals surface area contributed by atoms with Gasteiger partial charge in [0.1, 0.15) is 0 Å². The third kappa shape index (κ3) is 3.30. The summed E-state index contributed by atoms with van der Waals surface area (Å²) in [6, 6.07) is 0. The molecule has 1 saturated heterocycles. The molecular weight excluding hydrogens is 212 g/mol. The first-order valence-corrected chi connectivity index (χ1v) is 6.08. The summed E-state index contributed by atoms with van der Waals surface area (Å²) < 4.78 is 12.1. The molecule has 2 nitrogen and oxygen atoms in total. The van der Waals surface area contributed by atoms with Crippen LogP contribution >= 0.6 is 0 Å². The van der Waals surface area contributed by atoms with Gasteiger partial charge in [0.25, 0.3) is 0 Å². The van der Waals surface area contributed by atoms with Gasteiger partial charge in [0.15, 0.2) is 5.79 Å². The van der Waals surface area contributed by atoms with Crippen molar-refractivity contribution in [1.29, 1.82) is 0 Å². The first-order chi connectivity index (χ1) is 7.76. The average Bonchev–Trinajstić information content (AvgIpc) is 2.38. The molecule has 1 heterocycles. The molecule has 17 heavy (non-hydrogen) atoms. The van der Waals surface area contributed by atoms with E-state index in [1.165, 1.54) is 0 Å². The molecule has 0 saturated carbocycles.